The van der Waals surface area contributed by atoms with Crippen LogP contribution in [0.15, 0.2) is 10.5 Å². The van der Waals surface area contributed by atoms with E-state index in [4.69, 9.17) is 9.47 Å². The van der Waals surface area contributed by atoms with Gasteiger partial charge in [-0.15, -0.1) is 0 Å². The van der Waals surface area contributed by atoms with Crippen molar-refractivity contribution in [3.05, 3.63) is 21.9 Å². The van der Waals surface area contributed by atoms with Crippen molar-refractivity contribution in [2.45, 2.75) is 25.3 Å². The highest BCUT2D eigenvalue weighted by Gasteiger charge is 2.27. The molecule has 0 saturated carbocycles. The third-order valence-corrected chi connectivity index (χ3v) is 4.08. The van der Waals surface area contributed by atoms with E-state index < -0.39 is 0 Å². The van der Waals surface area contributed by atoms with Crippen LogP contribution >= 0.6 is 15.9 Å². The Balaban J connectivity index is 2.02. The lowest BCUT2D eigenvalue weighted by Crippen LogP contribution is -2.28. The number of hydrogen-bond donors (Lipinski definition) is 1. The fourth-order valence-corrected chi connectivity index (χ4v) is 3.21. The van der Waals surface area contributed by atoms with Crippen molar-refractivity contribution in [2.75, 3.05) is 19.8 Å². The monoisotopic (exact) mass is 315 g/mol. The standard InChI is InChI=1S/C13H15BrFNO2/c14-8-7-10-13(18-6-5-17-10)12(15)11(8)9-3-1-2-4-16-9/h7,9,16H,1-6H2. The lowest BCUT2D eigenvalue weighted by atomic mass is 9.96. The van der Waals surface area contributed by atoms with Crippen LogP contribution in [-0.2, 0) is 0 Å². The van der Waals surface area contributed by atoms with Crippen molar-refractivity contribution in [3.8, 4) is 11.5 Å². The largest absolute Gasteiger partial charge is 0.486 e. The second-order valence-corrected chi connectivity index (χ2v) is 5.47. The maximum Gasteiger partial charge on any atom is 0.197 e. The average molecular weight is 316 g/mol. The number of benzene rings is 1. The highest BCUT2D eigenvalue weighted by atomic mass is 79.9. The molecule has 1 unspecified atom stereocenters. The summed E-state index contributed by atoms with van der Waals surface area (Å²) in [7, 11) is 0. The summed E-state index contributed by atoms with van der Waals surface area (Å²) in [5.74, 6) is 0.454. The Kier molecular flexibility index (Phi) is 3.43. The van der Waals surface area contributed by atoms with Gasteiger partial charge in [0.05, 0.1) is 0 Å². The first-order valence-corrected chi connectivity index (χ1v) is 7.07. The number of ether oxygens (including phenoxy) is 2. The van der Waals surface area contributed by atoms with Crippen molar-refractivity contribution in [2.24, 2.45) is 0 Å². The number of fused-ring (bicyclic) bond motifs is 1. The molecule has 0 spiro atoms. The second-order valence-electron chi connectivity index (χ2n) is 4.61. The Bertz CT molecular complexity index is 461. The number of piperidine rings is 1. The Morgan fingerprint density at radius 1 is 1.28 bits per heavy atom. The van der Waals surface area contributed by atoms with Crippen molar-refractivity contribution < 1.29 is 13.9 Å². The molecule has 0 aliphatic carbocycles. The molecule has 0 bridgehead atoms. The minimum atomic E-state index is -0.293. The molecule has 2 aliphatic rings. The van der Waals surface area contributed by atoms with Crippen LogP contribution in [0.5, 0.6) is 11.5 Å². The van der Waals surface area contributed by atoms with Crippen LogP contribution in [0, 0.1) is 5.82 Å². The molecule has 3 nitrogen and oxygen atoms in total. The molecule has 1 atom stereocenters. The summed E-state index contributed by atoms with van der Waals surface area (Å²) in [4.78, 5) is 0. The molecule has 1 aromatic carbocycles. The van der Waals surface area contributed by atoms with Crippen LogP contribution in [0.1, 0.15) is 30.9 Å². The van der Waals surface area contributed by atoms with E-state index in [2.05, 4.69) is 21.2 Å². The van der Waals surface area contributed by atoms with Crippen molar-refractivity contribution in [1.82, 2.24) is 5.32 Å². The first-order chi connectivity index (χ1) is 8.77. The minimum Gasteiger partial charge on any atom is -0.486 e. The minimum absolute atomic E-state index is 0.0592. The fraction of sp³-hybridized carbons (Fsp3) is 0.538. The molecule has 5 heteroatoms. The van der Waals surface area contributed by atoms with Gasteiger partial charge in [-0.3, -0.25) is 0 Å². The molecule has 2 aliphatic heterocycles. The summed E-state index contributed by atoms with van der Waals surface area (Å²) < 4.78 is 26.1. The molecular formula is C13H15BrFNO2. The molecular weight excluding hydrogens is 301 g/mol. The van der Waals surface area contributed by atoms with Gasteiger partial charge < -0.3 is 14.8 Å². The van der Waals surface area contributed by atoms with Gasteiger partial charge in [-0.05, 0) is 25.5 Å². The topological polar surface area (TPSA) is 30.5 Å². The molecule has 1 aromatic rings. The molecule has 0 aromatic heterocycles. The zero-order chi connectivity index (χ0) is 12.5. The highest BCUT2D eigenvalue weighted by Crippen LogP contribution is 2.42. The predicted molar refractivity (Wildman–Crippen MR) is 69.7 cm³/mol. The Labute approximate surface area is 114 Å². The maximum absolute atomic E-state index is 14.5. The van der Waals surface area contributed by atoms with E-state index >= 15 is 0 Å². The van der Waals surface area contributed by atoms with Gasteiger partial charge in [-0.2, -0.15) is 0 Å². The predicted octanol–water partition coefficient (Wildman–Crippen LogP) is 3.17. The summed E-state index contributed by atoms with van der Waals surface area (Å²) in [6.45, 7) is 1.81. The highest BCUT2D eigenvalue weighted by molar-refractivity contribution is 9.10. The van der Waals surface area contributed by atoms with Gasteiger partial charge >= 0.3 is 0 Å². The second kappa shape index (κ2) is 5.05. The molecule has 1 fully saturated rings. The van der Waals surface area contributed by atoms with Gasteiger partial charge in [-0.25, -0.2) is 4.39 Å². The van der Waals surface area contributed by atoms with Gasteiger partial charge in [0.15, 0.2) is 17.3 Å². The molecule has 2 heterocycles. The zero-order valence-corrected chi connectivity index (χ0v) is 11.6. The molecule has 1 saturated heterocycles. The van der Waals surface area contributed by atoms with Gasteiger partial charge in [0.2, 0.25) is 0 Å². The molecule has 3 rings (SSSR count). The molecule has 18 heavy (non-hydrogen) atoms. The van der Waals surface area contributed by atoms with Crippen molar-refractivity contribution in [3.63, 3.8) is 0 Å². The molecule has 98 valence electrons. The third kappa shape index (κ3) is 2.10. The maximum atomic E-state index is 14.5. The van der Waals surface area contributed by atoms with Gasteiger partial charge in [0, 0.05) is 16.1 Å². The van der Waals surface area contributed by atoms with Gasteiger partial charge in [0.1, 0.15) is 13.2 Å². The molecule has 1 N–H and O–H groups in total. The number of nitrogens with one attached hydrogen (secondary N) is 1. The summed E-state index contributed by atoms with van der Waals surface area (Å²) in [5, 5.41) is 3.36. The summed E-state index contributed by atoms with van der Waals surface area (Å²) in [6, 6.07) is 1.87. The smallest absolute Gasteiger partial charge is 0.197 e. The van der Waals surface area contributed by atoms with Crippen LogP contribution in [-0.4, -0.2) is 19.8 Å². The number of halogens is 2. The molecule has 0 amide bonds. The zero-order valence-electron chi connectivity index (χ0n) is 9.97. The first-order valence-electron chi connectivity index (χ1n) is 6.28. The van der Waals surface area contributed by atoms with Crippen LogP contribution < -0.4 is 14.8 Å². The van der Waals surface area contributed by atoms with E-state index in [-0.39, 0.29) is 17.6 Å². The molecule has 0 radical (unpaired) electrons. The number of hydrogen-bond acceptors (Lipinski definition) is 3. The SMILES string of the molecule is Fc1c2c(cc(Br)c1C1CCCCN1)OCCO2. The van der Waals surface area contributed by atoms with Crippen LogP contribution in [0.25, 0.3) is 0 Å². The average Bonchev–Trinajstić information content (AvgIpc) is 2.40. The van der Waals surface area contributed by atoms with E-state index in [1.807, 2.05) is 6.07 Å². The van der Waals surface area contributed by atoms with Gasteiger partial charge in [-0.1, -0.05) is 22.4 Å². The normalized spacial score (nSPS) is 22.9. The van der Waals surface area contributed by atoms with Crippen molar-refractivity contribution >= 4 is 15.9 Å². The summed E-state index contributed by atoms with van der Waals surface area (Å²) in [6.07, 6.45) is 3.23. The van der Waals surface area contributed by atoms with Crippen LogP contribution in [0.2, 0.25) is 0 Å². The lowest BCUT2D eigenvalue weighted by Gasteiger charge is -2.27. The van der Waals surface area contributed by atoms with E-state index in [0.29, 0.717) is 24.5 Å². The Morgan fingerprint density at radius 3 is 2.89 bits per heavy atom. The summed E-state index contributed by atoms with van der Waals surface area (Å²) >= 11 is 3.45. The lowest BCUT2D eigenvalue weighted by molar-refractivity contribution is 0.163. The van der Waals surface area contributed by atoms with Gasteiger partial charge in [0.25, 0.3) is 0 Å². The van der Waals surface area contributed by atoms with Crippen LogP contribution in [0.4, 0.5) is 4.39 Å². The summed E-state index contributed by atoms with van der Waals surface area (Å²) in [5.41, 5.74) is 0.666. The van der Waals surface area contributed by atoms with Crippen LogP contribution in [0.3, 0.4) is 0 Å². The fourth-order valence-electron chi connectivity index (χ4n) is 2.55. The van der Waals surface area contributed by atoms with E-state index in [1.165, 1.54) is 0 Å². The Hall–Kier alpha value is -0.810. The third-order valence-electron chi connectivity index (χ3n) is 3.42. The Morgan fingerprint density at radius 2 is 2.11 bits per heavy atom. The first kappa shape index (κ1) is 12.2. The quantitative estimate of drug-likeness (QED) is 0.863. The van der Waals surface area contributed by atoms with E-state index in [9.17, 15) is 4.39 Å². The van der Waals surface area contributed by atoms with Crippen molar-refractivity contribution in [1.29, 1.82) is 0 Å². The van der Waals surface area contributed by atoms with E-state index in [0.717, 1.165) is 30.3 Å². The number of rotatable bonds is 1. The van der Waals surface area contributed by atoms with E-state index in [1.54, 1.807) is 0 Å².